The van der Waals surface area contributed by atoms with Crippen molar-refractivity contribution in [2.24, 2.45) is 0 Å². The van der Waals surface area contributed by atoms with E-state index in [-0.39, 0.29) is 11.9 Å². The van der Waals surface area contributed by atoms with Crippen LogP contribution >= 0.6 is 0 Å². The standard InChI is InChI=1S/C15H20N2O2/c1-2-19-14-6-3-12(4-7-14)5-8-15(18)17-13-9-10-16-11-13/h3-8,13,16H,2,9-11H2,1H3,(H,17,18)/b8-5+. The summed E-state index contributed by atoms with van der Waals surface area (Å²) in [5.74, 6) is 0.809. The molecular weight excluding hydrogens is 240 g/mol. The largest absolute Gasteiger partial charge is 0.494 e. The van der Waals surface area contributed by atoms with Crippen molar-refractivity contribution in [3.63, 3.8) is 0 Å². The number of hydrogen-bond acceptors (Lipinski definition) is 3. The average molecular weight is 260 g/mol. The van der Waals surface area contributed by atoms with E-state index >= 15 is 0 Å². The first kappa shape index (κ1) is 13.6. The van der Waals surface area contributed by atoms with Crippen molar-refractivity contribution in [1.29, 1.82) is 0 Å². The maximum absolute atomic E-state index is 11.7. The van der Waals surface area contributed by atoms with Crippen LogP contribution in [0, 0.1) is 0 Å². The van der Waals surface area contributed by atoms with Gasteiger partial charge in [-0.2, -0.15) is 0 Å². The number of carbonyl (C=O) groups excluding carboxylic acids is 1. The minimum absolute atomic E-state index is 0.0393. The molecule has 0 saturated carbocycles. The van der Waals surface area contributed by atoms with E-state index in [1.807, 2.05) is 37.3 Å². The molecule has 19 heavy (non-hydrogen) atoms. The molecule has 0 spiro atoms. The fraction of sp³-hybridized carbons (Fsp3) is 0.400. The topological polar surface area (TPSA) is 50.4 Å². The number of carbonyl (C=O) groups is 1. The van der Waals surface area contributed by atoms with Crippen LogP contribution in [0.4, 0.5) is 0 Å². The zero-order chi connectivity index (χ0) is 13.5. The van der Waals surface area contributed by atoms with Crippen LogP contribution in [0.3, 0.4) is 0 Å². The van der Waals surface area contributed by atoms with Gasteiger partial charge in [0.2, 0.25) is 5.91 Å². The molecule has 1 unspecified atom stereocenters. The second-order valence-electron chi connectivity index (χ2n) is 4.53. The van der Waals surface area contributed by atoms with Crippen LogP contribution < -0.4 is 15.4 Å². The summed E-state index contributed by atoms with van der Waals surface area (Å²) >= 11 is 0. The van der Waals surface area contributed by atoms with E-state index in [0.29, 0.717) is 6.61 Å². The van der Waals surface area contributed by atoms with Crippen LogP contribution in [-0.4, -0.2) is 31.6 Å². The van der Waals surface area contributed by atoms with Crippen LogP contribution in [0.15, 0.2) is 30.3 Å². The second kappa shape index (κ2) is 6.95. The Labute approximate surface area is 113 Å². The molecule has 1 saturated heterocycles. The molecule has 1 amide bonds. The van der Waals surface area contributed by atoms with Gasteiger partial charge in [-0.25, -0.2) is 0 Å². The van der Waals surface area contributed by atoms with E-state index in [9.17, 15) is 4.79 Å². The van der Waals surface area contributed by atoms with Crippen LogP contribution in [0.25, 0.3) is 6.08 Å². The molecule has 4 heteroatoms. The molecule has 0 bridgehead atoms. The predicted octanol–water partition coefficient (Wildman–Crippen LogP) is 1.58. The molecule has 1 aromatic rings. The minimum atomic E-state index is -0.0393. The van der Waals surface area contributed by atoms with Crippen molar-refractivity contribution >= 4 is 12.0 Å². The van der Waals surface area contributed by atoms with E-state index in [2.05, 4.69) is 10.6 Å². The molecule has 2 N–H and O–H groups in total. The molecule has 0 aromatic heterocycles. The molecule has 0 radical (unpaired) electrons. The minimum Gasteiger partial charge on any atom is -0.494 e. The Hall–Kier alpha value is -1.81. The summed E-state index contributed by atoms with van der Waals surface area (Å²) < 4.78 is 5.36. The van der Waals surface area contributed by atoms with Gasteiger partial charge >= 0.3 is 0 Å². The Bertz CT molecular complexity index is 434. The third-order valence-electron chi connectivity index (χ3n) is 3.02. The molecule has 2 rings (SSSR count). The van der Waals surface area contributed by atoms with Crippen LogP contribution in [0.5, 0.6) is 5.75 Å². The molecular formula is C15H20N2O2. The van der Waals surface area contributed by atoms with Gasteiger partial charge in [-0.15, -0.1) is 0 Å². The molecule has 102 valence electrons. The Morgan fingerprint density at radius 2 is 2.26 bits per heavy atom. The summed E-state index contributed by atoms with van der Waals surface area (Å²) in [7, 11) is 0. The van der Waals surface area contributed by atoms with Crippen molar-refractivity contribution in [3.8, 4) is 5.75 Å². The SMILES string of the molecule is CCOc1ccc(/C=C/C(=O)NC2CCNC2)cc1. The molecule has 1 aliphatic heterocycles. The maximum Gasteiger partial charge on any atom is 0.244 e. The molecule has 1 aromatic carbocycles. The lowest BCUT2D eigenvalue weighted by Gasteiger charge is -2.08. The van der Waals surface area contributed by atoms with Gasteiger partial charge < -0.3 is 15.4 Å². The van der Waals surface area contributed by atoms with Crippen molar-refractivity contribution in [2.75, 3.05) is 19.7 Å². The van der Waals surface area contributed by atoms with Crippen LogP contribution in [0.2, 0.25) is 0 Å². The van der Waals surface area contributed by atoms with Crippen molar-refractivity contribution in [1.82, 2.24) is 10.6 Å². The first-order valence-electron chi connectivity index (χ1n) is 6.70. The Morgan fingerprint density at radius 3 is 2.89 bits per heavy atom. The normalized spacial score (nSPS) is 18.7. The zero-order valence-corrected chi connectivity index (χ0v) is 11.2. The van der Waals surface area contributed by atoms with Gasteiger partial charge in [0.1, 0.15) is 5.75 Å². The van der Waals surface area contributed by atoms with Gasteiger partial charge in [0.05, 0.1) is 6.61 Å². The van der Waals surface area contributed by atoms with Gasteiger partial charge in [-0.05, 0) is 43.7 Å². The first-order valence-corrected chi connectivity index (χ1v) is 6.70. The van der Waals surface area contributed by atoms with Crippen molar-refractivity contribution < 1.29 is 9.53 Å². The molecule has 1 fully saturated rings. The van der Waals surface area contributed by atoms with E-state index < -0.39 is 0 Å². The van der Waals surface area contributed by atoms with Gasteiger partial charge in [-0.1, -0.05) is 12.1 Å². The zero-order valence-electron chi connectivity index (χ0n) is 11.2. The summed E-state index contributed by atoms with van der Waals surface area (Å²) in [6, 6.07) is 7.94. The number of nitrogens with one attached hydrogen (secondary N) is 2. The lowest BCUT2D eigenvalue weighted by molar-refractivity contribution is -0.117. The highest BCUT2D eigenvalue weighted by atomic mass is 16.5. The molecule has 1 heterocycles. The quantitative estimate of drug-likeness (QED) is 0.790. The average Bonchev–Trinajstić information content (AvgIpc) is 2.91. The van der Waals surface area contributed by atoms with Crippen LogP contribution in [0.1, 0.15) is 18.9 Å². The summed E-state index contributed by atoms with van der Waals surface area (Å²) in [5.41, 5.74) is 0.989. The van der Waals surface area contributed by atoms with Gasteiger partial charge in [0, 0.05) is 18.7 Å². The second-order valence-corrected chi connectivity index (χ2v) is 4.53. The van der Waals surface area contributed by atoms with Gasteiger partial charge in [0.25, 0.3) is 0 Å². The number of ether oxygens (including phenoxy) is 1. The molecule has 0 aliphatic carbocycles. The predicted molar refractivity (Wildman–Crippen MR) is 76.1 cm³/mol. The highest BCUT2D eigenvalue weighted by Crippen LogP contribution is 2.12. The smallest absolute Gasteiger partial charge is 0.244 e. The maximum atomic E-state index is 11.7. The monoisotopic (exact) mass is 260 g/mol. The third kappa shape index (κ3) is 4.41. The number of benzene rings is 1. The lowest BCUT2D eigenvalue weighted by atomic mass is 10.2. The van der Waals surface area contributed by atoms with Crippen molar-refractivity contribution in [2.45, 2.75) is 19.4 Å². The Morgan fingerprint density at radius 1 is 1.47 bits per heavy atom. The summed E-state index contributed by atoms with van der Waals surface area (Å²) in [5, 5.41) is 6.18. The highest BCUT2D eigenvalue weighted by Gasteiger charge is 2.14. The lowest BCUT2D eigenvalue weighted by Crippen LogP contribution is -2.34. The Kier molecular flexibility index (Phi) is 4.98. The van der Waals surface area contributed by atoms with E-state index in [4.69, 9.17) is 4.74 Å². The number of hydrogen-bond donors (Lipinski definition) is 2. The fourth-order valence-corrected chi connectivity index (χ4v) is 2.04. The summed E-state index contributed by atoms with van der Waals surface area (Å²) in [6.45, 7) is 4.46. The van der Waals surface area contributed by atoms with E-state index in [1.165, 1.54) is 0 Å². The third-order valence-corrected chi connectivity index (χ3v) is 3.02. The van der Waals surface area contributed by atoms with E-state index in [0.717, 1.165) is 30.8 Å². The van der Waals surface area contributed by atoms with Gasteiger partial charge in [0.15, 0.2) is 0 Å². The van der Waals surface area contributed by atoms with E-state index in [1.54, 1.807) is 6.08 Å². The molecule has 4 nitrogen and oxygen atoms in total. The molecule has 1 aliphatic rings. The number of amides is 1. The Balaban J connectivity index is 1.84. The summed E-state index contributed by atoms with van der Waals surface area (Å²) in [4.78, 5) is 11.7. The fourth-order valence-electron chi connectivity index (χ4n) is 2.04. The summed E-state index contributed by atoms with van der Waals surface area (Å²) in [6.07, 6.45) is 4.39. The van der Waals surface area contributed by atoms with Gasteiger partial charge in [-0.3, -0.25) is 4.79 Å². The van der Waals surface area contributed by atoms with Crippen LogP contribution in [-0.2, 0) is 4.79 Å². The van der Waals surface area contributed by atoms with Crippen molar-refractivity contribution in [3.05, 3.63) is 35.9 Å². The molecule has 1 atom stereocenters. The first-order chi connectivity index (χ1) is 9.28. The highest BCUT2D eigenvalue weighted by molar-refractivity contribution is 5.91. The number of rotatable bonds is 5.